The number of rotatable bonds is 7. The van der Waals surface area contributed by atoms with Crippen molar-refractivity contribution in [1.82, 2.24) is 45.5 Å². The van der Waals surface area contributed by atoms with Gasteiger partial charge in [-0.3, -0.25) is 19.1 Å². The minimum atomic E-state index is -1.50. The largest absolute Gasteiger partial charge is 0.460 e. The second kappa shape index (κ2) is 19.0. The van der Waals surface area contributed by atoms with Crippen molar-refractivity contribution in [3.63, 3.8) is 0 Å². The number of carbonyl (C=O) groups excluding carboxylic acids is 4. The van der Waals surface area contributed by atoms with Gasteiger partial charge in [0.05, 0.1) is 25.3 Å². The molecule has 17 heteroatoms. The first-order valence-electron chi connectivity index (χ1n) is 18.0. The molecule has 16 nitrogen and oxygen atoms in total. The molecule has 1 saturated heterocycles. The number of hydrogen-bond donors (Lipinski definition) is 3. The van der Waals surface area contributed by atoms with E-state index in [0.29, 0.717) is 36.2 Å². The number of carbonyl (C=O) groups is 4. The molecule has 0 unspecified atom stereocenters. The molecular weight excluding hydrogens is 701 g/mol. The number of amides is 3. The van der Waals surface area contributed by atoms with Crippen LogP contribution in [0.2, 0.25) is 0 Å². The predicted octanol–water partition coefficient (Wildman–Crippen LogP) is 2.54. The summed E-state index contributed by atoms with van der Waals surface area (Å²) in [5, 5.41) is 24.2. The number of aliphatic hydroxyl groups is 1. The number of fused-ring (bicyclic) bond motifs is 3. The molecule has 54 heavy (non-hydrogen) atoms. The summed E-state index contributed by atoms with van der Waals surface area (Å²) in [6, 6.07) is -0.928. The van der Waals surface area contributed by atoms with E-state index < -0.39 is 48.1 Å². The lowest BCUT2D eigenvalue weighted by Crippen LogP contribution is -2.44. The Bertz CT molecular complexity index is 1840. The van der Waals surface area contributed by atoms with Gasteiger partial charge < -0.3 is 29.8 Å². The third-order valence-corrected chi connectivity index (χ3v) is 8.99. The van der Waals surface area contributed by atoms with E-state index in [-0.39, 0.29) is 62.3 Å². The highest BCUT2D eigenvalue weighted by molar-refractivity contribution is 5.95. The molecule has 5 heterocycles. The van der Waals surface area contributed by atoms with E-state index >= 15 is 0 Å². The van der Waals surface area contributed by atoms with Crippen molar-refractivity contribution in [2.75, 3.05) is 19.6 Å². The minimum absolute atomic E-state index is 0.00722. The summed E-state index contributed by atoms with van der Waals surface area (Å²) in [5.74, 6) is -3.00. The van der Waals surface area contributed by atoms with Crippen LogP contribution in [0, 0.1) is 11.8 Å². The zero-order chi connectivity index (χ0) is 38.6. The maximum absolute atomic E-state index is 14.8. The number of oxazole rings is 1. The summed E-state index contributed by atoms with van der Waals surface area (Å²) in [6.45, 7) is 6.39. The molecule has 0 aliphatic carbocycles. The zero-order valence-electron chi connectivity index (χ0n) is 30.5. The average molecular weight is 748 g/mol. The number of ether oxygens (including phenoxy) is 1. The Morgan fingerprint density at radius 1 is 1.17 bits per heavy atom. The highest BCUT2D eigenvalue weighted by Gasteiger charge is 2.39. The van der Waals surface area contributed by atoms with Gasteiger partial charge in [-0.1, -0.05) is 48.9 Å². The maximum atomic E-state index is 14.8. The number of alkyl halides is 1. The highest BCUT2D eigenvalue weighted by atomic mass is 19.1. The van der Waals surface area contributed by atoms with Gasteiger partial charge in [-0.25, -0.2) is 24.1 Å². The molecule has 3 aromatic rings. The molecule has 2 aliphatic rings. The molecule has 0 radical (unpaired) electrons. The van der Waals surface area contributed by atoms with Gasteiger partial charge >= 0.3 is 5.97 Å². The number of aromatic nitrogens is 6. The summed E-state index contributed by atoms with van der Waals surface area (Å²) in [6.07, 6.45) is 12.1. The molecule has 0 saturated carbocycles. The molecule has 3 N–H and O–H groups in total. The van der Waals surface area contributed by atoms with Crippen LogP contribution in [0.1, 0.15) is 62.8 Å². The standard InChI is InChI=1S/C37H46FN9O7/c1-23(2)35-25(15-33(50)42-11-13-46-20-29(44-45-46)26-18-39-22-40-19-26)8-9-32(49)41-10-4-6-24(3)14-28(48)16-27(38)17-34-43-30(21-53-34)36(51)47-12-5-7-31(47)37(52)54-35/h4,6,8-9,14,18-23,25,27-28,31,35,48H,5,7,10-13,15-17H2,1-3H3,(H,41,49)(H,42,50)/b6-4?,9-8+,24-14?/t25-,27+,28+,31+,35+/m0/s1. The van der Waals surface area contributed by atoms with Crippen LogP contribution in [-0.2, 0) is 32.1 Å². The van der Waals surface area contributed by atoms with Gasteiger partial charge in [-0.15, -0.1) is 5.10 Å². The quantitative estimate of drug-likeness (QED) is 0.298. The molecule has 3 aromatic heterocycles. The lowest BCUT2D eigenvalue weighted by atomic mass is 9.89. The number of aliphatic hydroxyl groups excluding tert-OH is 1. The fourth-order valence-electron chi connectivity index (χ4n) is 6.33. The molecule has 288 valence electrons. The van der Waals surface area contributed by atoms with E-state index in [2.05, 4.69) is 35.9 Å². The second-order valence-electron chi connectivity index (χ2n) is 13.7. The molecule has 0 aromatic carbocycles. The molecular formula is C37H46FN9O7. The van der Waals surface area contributed by atoms with E-state index in [1.807, 2.05) is 13.8 Å². The Kier molecular flexibility index (Phi) is 13.9. The second-order valence-corrected chi connectivity index (χ2v) is 13.7. The monoisotopic (exact) mass is 747 g/mol. The molecule has 1 fully saturated rings. The third-order valence-electron chi connectivity index (χ3n) is 8.99. The molecule has 0 spiro atoms. The SMILES string of the molecule is CC1=C[C@@H](O)C[C@@H](F)Cc2nc(co2)C(=O)N2CCC[C@@H]2C(=O)O[C@H](C(C)C)[C@H](CC(=O)NCCn2cc(-c3cncnc3)nn2)/C=C/C(=O)NCC=C1. The summed E-state index contributed by atoms with van der Waals surface area (Å²) in [4.78, 5) is 66.9. The van der Waals surface area contributed by atoms with Crippen LogP contribution >= 0.6 is 0 Å². The molecule has 3 amide bonds. The van der Waals surface area contributed by atoms with Gasteiger partial charge in [0.1, 0.15) is 36.6 Å². The van der Waals surface area contributed by atoms with Crippen LogP contribution in [0.25, 0.3) is 11.3 Å². The van der Waals surface area contributed by atoms with Gasteiger partial charge in [0.2, 0.25) is 11.8 Å². The lowest BCUT2D eigenvalue weighted by Gasteiger charge is -2.30. The van der Waals surface area contributed by atoms with Gasteiger partial charge in [-0.2, -0.15) is 0 Å². The first-order valence-corrected chi connectivity index (χ1v) is 18.0. The number of nitrogens with one attached hydrogen (secondary N) is 2. The Balaban J connectivity index is 1.32. The van der Waals surface area contributed by atoms with Crippen molar-refractivity contribution in [3.05, 3.63) is 78.7 Å². The summed E-state index contributed by atoms with van der Waals surface area (Å²) >= 11 is 0. The van der Waals surface area contributed by atoms with Gasteiger partial charge in [-0.05, 0) is 31.8 Å². The van der Waals surface area contributed by atoms with Crippen molar-refractivity contribution in [2.45, 2.75) is 83.8 Å². The number of hydrogen-bond acceptors (Lipinski definition) is 12. The predicted molar refractivity (Wildman–Crippen MR) is 192 cm³/mol. The van der Waals surface area contributed by atoms with Gasteiger partial charge in [0.25, 0.3) is 5.91 Å². The number of cyclic esters (lactones) is 1. The fraction of sp³-hybridized carbons (Fsp3) is 0.486. The fourth-order valence-corrected chi connectivity index (χ4v) is 6.33. The van der Waals surface area contributed by atoms with Crippen LogP contribution in [0.5, 0.6) is 0 Å². The number of allylic oxidation sites excluding steroid dienone is 2. The molecule has 2 bridgehead atoms. The van der Waals surface area contributed by atoms with Crippen molar-refractivity contribution in [2.24, 2.45) is 11.8 Å². The van der Waals surface area contributed by atoms with Crippen LogP contribution in [0.15, 0.2) is 71.6 Å². The van der Waals surface area contributed by atoms with Crippen molar-refractivity contribution >= 4 is 23.7 Å². The summed E-state index contributed by atoms with van der Waals surface area (Å²) in [5.41, 5.74) is 1.87. The average Bonchev–Trinajstić information content (AvgIpc) is 3.92. The molecule has 5 atom stereocenters. The minimum Gasteiger partial charge on any atom is -0.460 e. The van der Waals surface area contributed by atoms with Crippen LogP contribution in [0.3, 0.4) is 0 Å². The van der Waals surface area contributed by atoms with E-state index in [0.717, 1.165) is 6.26 Å². The van der Waals surface area contributed by atoms with Gasteiger partial charge in [0, 0.05) is 56.4 Å². The van der Waals surface area contributed by atoms with E-state index in [1.165, 1.54) is 23.4 Å². The van der Waals surface area contributed by atoms with Crippen molar-refractivity contribution in [3.8, 4) is 11.3 Å². The first kappa shape index (κ1) is 39.6. The van der Waals surface area contributed by atoms with Gasteiger partial charge in [0.15, 0.2) is 11.6 Å². The first-order chi connectivity index (χ1) is 26.0. The van der Waals surface area contributed by atoms with E-state index in [4.69, 9.17) is 9.15 Å². The Hall–Kier alpha value is -5.58. The number of halogens is 1. The highest BCUT2D eigenvalue weighted by Crippen LogP contribution is 2.27. The van der Waals surface area contributed by atoms with Crippen molar-refractivity contribution < 1.29 is 37.8 Å². The Morgan fingerprint density at radius 2 is 1.96 bits per heavy atom. The van der Waals surface area contributed by atoms with Crippen LogP contribution in [-0.4, -0.2) is 108 Å². The lowest BCUT2D eigenvalue weighted by molar-refractivity contribution is -0.159. The van der Waals surface area contributed by atoms with Crippen LogP contribution < -0.4 is 10.6 Å². The Morgan fingerprint density at radius 3 is 2.74 bits per heavy atom. The normalized spacial score (nSPS) is 24.0. The Labute approximate surface area is 312 Å². The smallest absolute Gasteiger partial charge is 0.329 e. The number of esters is 1. The molecule has 2 aliphatic heterocycles. The maximum Gasteiger partial charge on any atom is 0.329 e. The van der Waals surface area contributed by atoms with E-state index in [9.17, 15) is 28.7 Å². The topological polar surface area (TPSA) is 208 Å². The summed E-state index contributed by atoms with van der Waals surface area (Å²) in [7, 11) is 0. The van der Waals surface area contributed by atoms with Crippen LogP contribution in [0.4, 0.5) is 4.39 Å². The third kappa shape index (κ3) is 11.2. The zero-order valence-corrected chi connectivity index (χ0v) is 30.5. The number of nitrogens with zero attached hydrogens (tertiary/aromatic N) is 7. The summed E-state index contributed by atoms with van der Waals surface area (Å²) < 4.78 is 27.9. The molecule has 5 rings (SSSR count). The van der Waals surface area contributed by atoms with Crippen molar-refractivity contribution in [1.29, 1.82) is 0 Å². The van der Waals surface area contributed by atoms with E-state index in [1.54, 1.807) is 48.4 Å².